The number of imidazole rings is 1. The van der Waals surface area contributed by atoms with Gasteiger partial charge in [0, 0.05) is 11.1 Å². The van der Waals surface area contributed by atoms with Gasteiger partial charge in [0.1, 0.15) is 30.5 Å². The van der Waals surface area contributed by atoms with Gasteiger partial charge in [0.25, 0.3) is 0 Å². The number of halogens is 2. The number of hydrogen-bond donors (Lipinski definition) is 3. The maximum atomic E-state index is 14.2. The van der Waals surface area contributed by atoms with E-state index in [0.717, 1.165) is 0 Å². The third-order valence-corrected chi connectivity index (χ3v) is 5.22. The van der Waals surface area contributed by atoms with E-state index in [1.165, 1.54) is 29.4 Å². The fourth-order valence-corrected chi connectivity index (χ4v) is 3.65. The Labute approximate surface area is 179 Å². The molecule has 1 aliphatic heterocycles. The average molecular weight is 447 g/mol. The van der Waals surface area contributed by atoms with E-state index in [1.54, 1.807) is 19.1 Å². The Morgan fingerprint density at radius 3 is 2.74 bits per heavy atom. The highest BCUT2D eigenvalue weighted by Crippen LogP contribution is 2.40. The number of anilines is 2. The van der Waals surface area contributed by atoms with E-state index in [2.05, 4.69) is 25.4 Å². The van der Waals surface area contributed by atoms with Crippen LogP contribution in [0.1, 0.15) is 23.8 Å². The van der Waals surface area contributed by atoms with E-state index in [0.29, 0.717) is 22.6 Å². The van der Waals surface area contributed by atoms with Crippen LogP contribution in [0.2, 0.25) is 5.02 Å². The van der Waals surface area contributed by atoms with Gasteiger partial charge in [-0.25, -0.2) is 19.3 Å². The molecule has 0 unspecified atom stereocenters. The molecular formula is C19H16ClFN6O4. The minimum absolute atomic E-state index is 0.160. The summed E-state index contributed by atoms with van der Waals surface area (Å²) in [4.78, 5) is 12.6. The lowest BCUT2D eigenvalue weighted by atomic mass is 10.1. The standard InChI is InChI=1S/C19H16ClFN6O4/c1-8-4-12(31-26-8)16-14(28)15(29)19(30-16)27-7-24-13-17(22-6-23-18(13)27)25-11-3-2-9(20)5-10(11)21/h2-7,14-16,19,28-29H,1H3,(H,22,23,25)/t14-,15+,16+,19+/m0/s1. The minimum atomic E-state index is -1.28. The summed E-state index contributed by atoms with van der Waals surface area (Å²) in [5, 5.41) is 28.0. The van der Waals surface area contributed by atoms with Crippen molar-refractivity contribution in [1.82, 2.24) is 24.7 Å². The smallest absolute Gasteiger partial charge is 0.168 e. The van der Waals surface area contributed by atoms with Crippen LogP contribution < -0.4 is 5.32 Å². The molecule has 4 aromatic rings. The molecule has 0 aliphatic carbocycles. The lowest BCUT2D eigenvalue weighted by Crippen LogP contribution is -2.28. The highest BCUT2D eigenvalue weighted by molar-refractivity contribution is 6.30. The number of nitrogens with zero attached hydrogens (tertiary/aromatic N) is 5. The van der Waals surface area contributed by atoms with Crippen LogP contribution in [0.5, 0.6) is 0 Å². The van der Waals surface area contributed by atoms with E-state index >= 15 is 0 Å². The molecule has 0 amide bonds. The van der Waals surface area contributed by atoms with Crippen molar-refractivity contribution in [3.63, 3.8) is 0 Å². The number of aromatic nitrogens is 5. The zero-order valence-electron chi connectivity index (χ0n) is 16.0. The van der Waals surface area contributed by atoms with Gasteiger partial charge >= 0.3 is 0 Å². The van der Waals surface area contributed by atoms with Gasteiger partial charge in [-0.2, -0.15) is 0 Å². The van der Waals surface area contributed by atoms with Crippen molar-refractivity contribution in [3.05, 3.63) is 59.2 Å². The molecule has 0 saturated carbocycles. The van der Waals surface area contributed by atoms with E-state index in [1.807, 2.05) is 0 Å². The number of nitrogens with one attached hydrogen (secondary N) is 1. The van der Waals surface area contributed by atoms with Crippen LogP contribution in [-0.4, -0.2) is 47.1 Å². The second-order valence-electron chi connectivity index (χ2n) is 7.09. The molecule has 10 nitrogen and oxygen atoms in total. The molecule has 12 heteroatoms. The lowest BCUT2D eigenvalue weighted by Gasteiger charge is -2.16. The Morgan fingerprint density at radius 2 is 2.00 bits per heavy atom. The van der Waals surface area contributed by atoms with E-state index in [9.17, 15) is 14.6 Å². The van der Waals surface area contributed by atoms with Crippen LogP contribution in [0.3, 0.4) is 0 Å². The first-order chi connectivity index (χ1) is 14.9. The van der Waals surface area contributed by atoms with Gasteiger partial charge in [-0.1, -0.05) is 16.8 Å². The molecular weight excluding hydrogens is 431 g/mol. The molecule has 3 N–H and O–H groups in total. The van der Waals surface area contributed by atoms with Crippen molar-refractivity contribution < 1.29 is 23.9 Å². The number of ether oxygens (including phenoxy) is 1. The summed E-state index contributed by atoms with van der Waals surface area (Å²) in [5.41, 5.74) is 1.42. The van der Waals surface area contributed by atoms with Crippen molar-refractivity contribution in [2.75, 3.05) is 5.32 Å². The minimum Gasteiger partial charge on any atom is -0.387 e. The van der Waals surface area contributed by atoms with Crippen LogP contribution in [0.15, 0.2) is 41.4 Å². The summed E-state index contributed by atoms with van der Waals surface area (Å²) in [7, 11) is 0. The number of benzene rings is 1. The van der Waals surface area contributed by atoms with Gasteiger partial charge in [-0.15, -0.1) is 0 Å². The topological polar surface area (TPSA) is 131 Å². The fraction of sp³-hybridized carbons (Fsp3) is 0.263. The SMILES string of the molecule is Cc1cc([C@H]2O[C@@H](n3cnc4c(Nc5ccc(Cl)cc5F)ncnc43)[C@H](O)[C@@H]2O)on1. The number of aliphatic hydroxyl groups is 2. The summed E-state index contributed by atoms with van der Waals surface area (Å²) < 4.78 is 26.7. The number of hydrogen-bond acceptors (Lipinski definition) is 9. The van der Waals surface area contributed by atoms with Crippen LogP contribution in [0, 0.1) is 12.7 Å². The van der Waals surface area contributed by atoms with Gasteiger partial charge in [0.15, 0.2) is 29.0 Å². The Bertz CT molecular complexity index is 1260. The Kier molecular flexibility index (Phi) is 4.82. The summed E-state index contributed by atoms with van der Waals surface area (Å²) in [6.45, 7) is 1.74. The number of aryl methyl sites for hydroxylation is 1. The van der Waals surface area contributed by atoms with Crippen molar-refractivity contribution in [2.45, 2.75) is 31.5 Å². The molecule has 1 fully saturated rings. The van der Waals surface area contributed by atoms with Crippen LogP contribution in [0.25, 0.3) is 11.2 Å². The highest BCUT2D eigenvalue weighted by atomic mass is 35.5. The molecule has 0 spiro atoms. The van der Waals surface area contributed by atoms with E-state index < -0.39 is 30.4 Å². The third-order valence-electron chi connectivity index (χ3n) is 4.98. The van der Waals surface area contributed by atoms with Crippen LogP contribution in [0.4, 0.5) is 15.9 Å². The molecule has 4 atom stereocenters. The molecule has 160 valence electrons. The molecule has 4 heterocycles. The van der Waals surface area contributed by atoms with E-state index in [-0.39, 0.29) is 16.5 Å². The summed E-state index contributed by atoms with van der Waals surface area (Å²) >= 11 is 5.80. The number of aliphatic hydroxyl groups excluding tert-OH is 2. The molecule has 5 rings (SSSR count). The predicted molar refractivity (Wildman–Crippen MR) is 106 cm³/mol. The first-order valence-corrected chi connectivity index (χ1v) is 9.64. The highest BCUT2D eigenvalue weighted by Gasteiger charge is 2.46. The predicted octanol–water partition coefficient (Wildman–Crippen LogP) is 2.65. The van der Waals surface area contributed by atoms with Gasteiger partial charge in [-0.3, -0.25) is 4.57 Å². The van der Waals surface area contributed by atoms with Crippen molar-refractivity contribution in [3.8, 4) is 0 Å². The largest absolute Gasteiger partial charge is 0.387 e. The van der Waals surface area contributed by atoms with Crippen LogP contribution in [-0.2, 0) is 4.74 Å². The zero-order chi connectivity index (χ0) is 21.7. The normalized spacial score (nSPS) is 23.5. The lowest BCUT2D eigenvalue weighted by molar-refractivity contribution is -0.0434. The average Bonchev–Trinajstić information content (AvgIpc) is 3.43. The van der Waals surface area contributed by atoms with Gasteiger partial charge in [0.05, 0.1) is 17.7 Å². The van der Waals surface area contributed by atoms with Gasteiger partial charge < -0.3 is 24.8 Å². The van der Waals surface area contributed by atoms with Crippen molar-refractivity contribution in [1.29, 1.82) is 0 Å². The molecule has 1 aliphatic rings. The zero-order valence-corrected chi connectivity index (χ0v) is 16.7. The fourth-order valence-electron chi connectivity index (χ4n) is 3.49. The first kappa shape index (κ1) is 19.8. The van der Waals surface area contributed by atoms with Crippen LogP contribution >= 0.6 is 11.6 Å². The third kappa shape index (κ3) is 3.41. The van der Waals surface area contributed by atoms with Crippen molar-refractivity contribution >= 4 is 34.3 Å². The first-order valence-electron chi connectivity index (χ1n) is 9.27. The number of fused-ring (bicyclic) bond motifs is 1. The maximum absolute atomic E-state index is 14.2. The Morgan fingerprint density at radius 1 is 1.16 bits per heavy atom. The summed E-state index contributed by atoms with van der Waals surface area (Å²) in [5.74, 6) is -0.00635. The van der Waals surface area contributed by atoms with Crippen molar-refractivity contribution in [2.24, 2.45) is 0 Å². The van der Waals surface area contributed by atoms with Gasteiger partial charge in [0.2, 0.25) is 0 Å². The number of rotatable bonds is 4. The Balaban J connectivity index is 1.48. The van der Waals surface area contributed by atoms with E-state index in [4.69, 9.17) is 20.9 Å². The summed E-state index contributed by atoms with van der Waals surface area (Å²) in [6, 6.07) is 5.82. The molecule has 1 saturated heterocycles. The second-order valence-corrected chi connectivity index (χ2v) is 7.53. The Hall–Kier alpha value is -3.12. The molecule has 0 bridgehead atoms. The quantitative estimate of drug-likeness (QED) is 0.432. The second kappa shape index (κ2) is 7.54. The molecule has 31 heavy (non-hydrogen) atoms. The molecule has 1 aromatic carbocycles. The molecule has 0 radical (unpaired) electrons. The molecule has 3 aromatic heterocycles. The van der Waals surface area contributed by atoms with Gasteiger partial charge in [-0.05, 0) is 25.1 Å². The monoisotopic (exact) mass is 446 g/mol. The maximum Gasteiger partial charge on any atom is 0.168 e. The summed E-state index contributed by atoms with van der Waals surface area (Å²) in [6.07, 6.45) is -1.78.